The molecule has 0 radical (unpaired) electrons. The Hall–Kier alpha value is -2.39. The quantitative estimate of drug-likeness (QED) is 0.792. The molecule has 0 unspecified atom stereocenters. The Bertz CT molecular complexity index is 813. The highest BCUT2D eigenvalue weighted by Gasteiger charge is 2.13. The van der Waals surface area contributed by atoms with Crippen LogP contribution >= 0.6 is 0 Å². The zero-order valence-electron chi connectivity index (χ0n) is 14.0. The lowest BCUT2D eigenvalue weighted by Crippen LogP contribution is -2.05. The van der Waals surface area contributed by atoms with E-state index in [1.165, 1.54) is 22.3 Å². The molecule has 0 aliphatic rings. The normalized spacial score (nSPS) is 11.0. The average molecular weight is 305 g/mol. The molecule has 3 aromatic rings. The van der Waals surface area contributed by atoms with Gasteiger partial charge in [-0.05, 0) is 50.6 Å². The smallest absolute Gasteiger partial charge is 0.0743 e. The molecule has 118 valence electrons. The number of rotatable bonds is 4. The van der Waals surface area contributed by atoms with Gasteiger partial charge in [-0.2, -0.15) is 5.10 Å². The fourth-order valence-electron chi connectivity index (χ4n) is 2.76. The Morgan fingerprint density at radius 2 is 1.61 bits per heavy atom. The largest absolute Gasteiger partial charge is 0.330 e. The molecule has 0 saturated carbocycles. The van der Waals surface area contributed by atoms with Crippen LogP contribution in [0.25, 0.3) is 16.9 Å². The second-order valence-corrected chi connectivity index (χ2v) is 6.13. The van der Waals surface area contributed by atoms with E-state index < -0.39 is 0 Å². The van der Waals surface area contributed by atoms with Gasteiger partial charge in [-0.25, -0.2) is 4.68 Å². The topological polar surface area (TPSA) is 43.8 Å². The maximum absolute atomic E-state index is 5.72. The first-order valence-electron chi connectivity index (χ1n) is 8.02. The fourth-order valence-corrected chi connectivity index (χ4v) is 2.76. The summed E-state index contributed by atoms with van der Waals surface area (Å²) < 4.78 is 2.05. The molecule has 23 heavy (non-hydrogen) atoms. The summed E-state index contributed by atoms with van der Waals surface area (Å²) >= 11 is 0. The summed E-state index contributed by atoms with van der Waals surface area (Å²) in [6, 6.07) is 17.2. The third-order valence-electron chi connectivity index (χ3n) is 4.10. The number of hydrogen-bond donors (Lipinski definition) is 1. The van der Waals surface area contributed by atoms with Crippen LogP contribution in [0, 0.1) is 20.8 Å². The predicted octanol–water partition coefficient (Wildman–Crippen LogP) is 3.97. The van der Waals surface area contributed by atoms with Crippen molar-refractivity contribution in [1.29, 1.82) is 0 Å². The molecule has 0 aliphatic heterocycles. The SMILES string of the molecule is Cc1ccc(-c2cc(CCN)nn2-c2cc(C)ccc2C)cc1. The minimum Gasteiger partial charge on any atom is -0.330 e. The van der Waals surface area contributed by atoms with Crippen LogP contribution in [0.1, 0.15) is 22.4 Å². The fraction of sp³-hybridized carbons (Fsp3) is 0.250. The molecule has 0 fully saturated rings. The number of aromatic nitrogens is 2. The van der Waals surface area contributed by atoms with E-state index in [9.17, 15) is 0 Å². The van der Waals surface area contributed by atoms with E-state index in [2.05, 4.69) is 74.0 Å². The molecule has 2 N–H and O–H groups in total. The number of hydrogen-bond acceptors (Lipinski definition) is 2. The lowest BCUT2D eigenvalue weighted by molar-refractivity contribution is 0.821. The molecule has 0 bridgehead atoms. The molecule has 0 aliphatic carbocycles. The molecule has 0 amide bonds. The molecule has 0 saturated heterocycles. The molecule has 0 spiro atoms. The minimum atomic E-state index is 0.608. The van der Waals surface area contributed by atoms with Gasteiger partial charge in [-0.1, -0.05) is 42.0 Å². The van der Waals surface area contributed by atoms with E-state index in [1.807, 2.05) is 0 Å². The van der Waals surface area contributed by atoms with E-state index in [0.717, 1.165) is 23.5 Å². The Morgan fingerprint density at radius 1 is 0.913 bits per heavy atom. The van der Waals surface area contributed by atoms with Gasteiger partial charge in [0.1, 0.15) is 0 Å². The molecule has 1 aromatic heterocycles. The van der Waals surface area contributed by atoms with Crippen LogP contribution in [0.3, 0.4) is 0 Å². The van der Waals surface area contributed by atoms with Crippen LogP contribution in [0.2, 0.25) is 0 Å². The van der Waals surface area contributed by atoms with E-state index in [1.54, 1.807) is 0 Å². The van der Waals surface area contributed by atoms with Crippen LogP contribution in [-0.4, -0.2) is 16.3 Å². The van der Waals surface area contributed by atoms with Crippen molar-refractivity contribution in [2.75, 3.05) is 6.54 Å². The lowest BCUT2D eigenvalue weighted by atomic mass is 10.1. The maximum atomic E-state index is 5.72. The molecular formula is C20H23N3. The van der Waals surface area contributed by atoms with Crippen molar-refractivity contribution < 1.29 is 0 Å². The van der Waals surface area contributed by atoms with Crippen molar-refractivity contribution in [3.8, 4) is 16.9 Å². The van der Waals surface area contributed by atoms with Gasteiger partial charge in [0.2, 0.25) is 0 Å². The van der Waals surface area contributed by atoms with Crippen molar-refractivity contribution in [2.45, 2.75) is 27.2 Å². The van der Waals surface area contributed by atoms with E-state index in [4.69, 9.17) is 10.8 Å². The minimum absolute atomic E-state index is 0.608. The summed E-state index contributed by atoms with van der Waals surface area (Å²) in [5, 5.41) is 4.81. The first-order chi connectivity index (χ1) is 11.1. The molecule has 3 rings (SSSR count). The molecule has 2 aromatic carbocycles. The van der Waals surface area contributed by atoms with Gasteiger partial charge in [0.15, 0.2) is 0 Å². The Morgan fingerprint density at radius 3 is 2.30 bits per heavy atom. The molecule has 3 nitrogen and oxygen atoms in total. The molecule has 0 atom stereocenters. The van der Waals surface area contributed by atoms with Gasteiger partial charge in [-0.3, -0.25) is 0 Å². The van der Waals surface area contributed by atoms with Gasteiger partial charge in [-0.15, -0.1) is 0 Å². The summed E-state index contributed by atoms with van der Waals surface area (Å²) in [5.74, 6) is 0. The van der Waals surface area contributed by atoms with Gasteiger partial charge < -0.3 is 5.73 Å². The summed E-state index contributed by atoms with van der Waals surface area (Å²) in [6.45, 7) is 6.94. The third kappa shape index (κ3) is 3.20. The van der Waals surface area contributed by atoms with Crippen molar-refractivity contribution in [3.63, 3.8) is 0 Å². The third-order valence-corrected chi connectivity index (χ3v) is 4.10. The zero-order valence-corrected chi connectivity index (χ0v) is 14.0. The van der Waals surface area contributed by atoms with Crippen LogP contribution < -0.4 is 5.73 Å². The van der Waals surface area contributed by atoms with Gasteiger partial charge in [0, 0.05) is 12.0 Å². The van der Waals surface area contributed by atoms with Crippen LogP contribution in [0.15, 0.2) is 48.5 Å². The highest BCUT2D eigenvalue weighted by Crippen LogP contribution is 2.26. The lowest BCUT2D eigenvalue weighted by Gasteiger charge is -2.11. The predicted molar refractivity (Wildman–Crippen MR) is 96.0 cm³/mol. The second kappa shape index (κ2) is 6.39. The molecule has 3 heteroatoms. The van der Waals surface area contributed by atoms with Crippen molar-refractivity contribution in [3.05, 3.63) is 70.9 Å². The van der Waals surface area contributed by atoms with E-state index in [-0.39, 0.29) is 0 Å². The van der Waals surface area contributed by atoms with Crippen LogP contribution in [0.5, 0.6) is 0 Å². The highest BCUT2D eigenvalue weighted by atomic mass is 15.3. The zero-order chi connectivity index (χ0) is 16.4. The van der Waals surface area contributed by atoms with E-state index >= 15 is 0 Å². The first-order valence-corrected chi connectivity index (χ1v) is 8.02. The Balaban J connectivity index is 2.18. The summed E-state index contributed by atoms with van der Waals surface area (Å²) in [6.07, 6.45) is 0.788. The Kier molecular flexibility index (Phi) is 4.30. The van der Waals surface area contributed by atoms with E-state index in [0.29, 0.717) is 6.54 Å². The highest BCUT2D eigenvalue weighted by molar-refractivity contribution is 5.64. The van der Waals surface area contributed by atoms with Crippen LogP contribution in [-0.2, 0) is 6.42 Å². The first kappa shape index (κ1) is 15.5. The van der Waals surface area contributed by atoms with Crippen LogP contribution in [0.4, 0.5) is 0 Å². The van der Waals surface area contributed by atoms with Crippen molar-refractivity contribution in [2.24, 2.45) is 5.73 Å². The van der Waals surface area contributed by atoms with Crippen molar-refractivity contribution >= 4 is 0 Å². The van der Waals surface area contributed by atoms with Gasteiger partial charge in [0.05, 0.1) is 17.1 Å². The summed E-state index contributed by atoms with van der Waals surface area (Å²) in [7, 11) is 0. The second-order valence-electron chi connectivity index (χ2n) is 6.13. The molecular weight excluding hydrogens is 282 g/mol. The monoisotopic (exact) mass is 305 g/mol. The number of benzene rings is 2. The number of nitrogens with zero attached hydrogens (tertiary/aromatic N) is 2. The number of aryl methyl sites for hydroxylation is 3. The number of nitrogens with two attached hydrogens (primary N) is 1. The van der Waals surface area contributed by atoms with Crippen molar-refractivity contribution in [1.82, 2.24) is 9.78 Å². The van der Waals surface area contributed by atoms with Gasteiger partial charge >= 0.3 is 0 Å². The average Bonchev–Trinajstić information content (AvgIpc) is 2.94. The summed E-state index contributed by atoms with van der Waals surface area (Å²) in [4.78, 5) is 0. The standard InChI is InChI=1S/C20H23N3/c1-14-5-8-17(9-6-14)20-13-18(10-11-21)22-23(20)19-12-15(2)4-7-16(19)3/h4-9,12-13H,10-11,21H2,1-3H3. The summed E-state index contributed by atoms with van der Waals surface area (Å²) in [5.41, 5.74) is 13.9. The van der Waals surface area contributed by atoms with Gasteiger partial charge in [0.25, 0.3) is 0 Å². The molecule has 1 heterocycles. The Labute approximate surface area is 137 Å². The maximum Gasteiger partial charge on any atom is 0.0743 e.